The lowest BCUT2D eigenvalue weighted by molar-refractivity contribution is -0.384. The molecule has 6 N–H and O–H groups in total. The molecule has 0 saturated carbocycles. The molecular weight excluding hydrogens is 1450 g/mol. The van der Waals surface area contributed by atoms with Crippen molar-refractivity contribution in [1.82, 2.24) is 29.9 Å². The van der Waals surface area contributed by atoms with Crippen LogP contribution in [0.5, 0.6) is 5.88 Å². The monoisotopic (exact) mass is 1500 g/mol. The first-order chi connectivity index (χ1) is 48.1. The van der Waals surface area contributed by atoms with E-state index < -0.39 is 61.7 Å². The van der Waals surface area contributed by atoms with Crippen molar-refractivity contribution in [1.29, 1.82) is 0 Å². The van der Waals surface area contributed by atoms with Crippen molar-refractivity contribution >= 4 is 122 Å². The van der Waals surface area contributed by atoms with E-state index in [-0.39, 0.29) is 89.5 Å². The van der Waals surface area contributed by atoms with Crippen LogP contribution in [0.3, 0.4) is 0 Å². The highest BCUT2D eigenvalue weighted by Gasteiger charge is 2.26. The highest BCUT2D eigenvalue weighted by molar-refractivity contribution is 6.33. The molecule has 6 aromatic heterocycles. The molecule has 0 aliphatic rings. The van der Waals surface area contributed by atoms with E-state index in [9.17, 15) is 61.8 Å². The van der Waals surface area contributed by atoms with Crippen LogP contribution in [0, 0.1) is 43.5 Å². The van der Waals surface area contributed by atoms with Crippen LogP contribution in [-0.2, 0) is 9.47 Å². The zero-order chi connectivity index (χ0) is 75.7. The molecule has 0 saturated heterocycles. The molecule has 6 heterocycles. The minimum atomic E-state index is -0.684. The number of methoxy groups -OCH3 is 3. The van der Waals surface area contributed by atoms with Gasteiger partial charge in [-0.2, -0.15) is 4.98 Å². The number of benzene rings is 4. The summed E-state index contributed by atoms with van der Waals surface area (Å²) < 4.78 is 70.4. The molecule has 10 aromatic rings. The number of carbonyl (C=O) groups excluding carboxylic acids is 2. The molecule has 4 aromatic carbocycles. The van der Waals surface area contributed by atoms with Crippen LogP contribution in [-0.4, -0.2) is 129 Å². The largest absolute Gasteiger partial charge is 0.480 e. The summed E-state index contributed by atoms with van der Waals surface area (Å²) in [5, 5.41) is 27.0. The molecule has 0 unspecified atom stereocenters. The maximum atomic E-state index is 14.4. The third-order valence-corrected chi connectivity index (χ3v) is 15.2. The number of aromatic amines is 3. The Bertz CT molecular complexity index is 4970. The van der Waals surface area contributed by atoms with Gasteiger partial charge in [-0.05, 0) is 97.1 Å². The number of halogens is 9. The standard InChI is InChI=1S/C20H18ClFN4O3.C14H13ClFN3O3.C13H11ClFN3O3.C13H13ClFN3O.C7H6ClNO2/c1-26(2)18-17(24-16-6-7-23-10-14(16)20(28)29-3)9-13(19(27)25-18)12-8-11(21)4-5-15(12)22;1-18(2)13-12(19(20)21)7-10(14(17-13)22-3)9-6-8(15)4-5-11(9)16;1-17(2)12-11(18(20)21)6-9(13(19)16-12)8-5-7(14)3-4-10(8)15;1-18(2)12-11(16)6-9(13(19)17-12)8-5-7(14)3-4-10(8)15;1-11-7(10)5-4-9-3-2-6(5)8/h4-10H,1-3H3,(H,23,24)(H,25,27);4-7H,1-3H3;3-6H,1-2H3,(H,16,19);3-6H,16H2,1-2H3,(H,17,19);2-4H,1H3. The van der Waals surface area contributed by atoms with Gasteiger partial charge in [0.05, 0.1) is 81.1 Å². The maximum Gasteiger partial charge on any atom is 0.341 e. The number of rotatable bonds is 15. The number of nitro groups is 2. The number of carbonyl (C=O) groups is 2. The number of hydrogen-bond donors (Lipinski definition) is 5. The number of H-pyrrole nitrogens is 3. The number of nitrogens with two attached hydrogens (primary N) is 1. The Morgan fingerprint density at radius 3 is 1.27 bits per heavy atom. The average Bonchev–Trinajstić information content (AvgIpc) is 0.802. The van der Waals surface area contributed by atoms with E-state index in [0.717, 1.165) is 12.1 Å². The van der Waals surface area contributed by atoms with Crippen molar-refractivity contribution in [3.05, 3.63) is 245 Å². The maximum absolute atomic E-state index is 14.4. The van der Waals surface area contributed by atoms with Crippen molar-refractivity contribution in [2.45, 2.75) is 0 Å². The zero-order valence-corrected chi connectivity index (χ0v) is 59.4. The second-order valence-corrected chi connectivity index (χ2v) is 23.9. The summed E-state index contributed by atoms with van der Waals surface area (Å²) in [7, 11) is 17.3. The molecule has 0 atom stereocenters. The molecule has 0 radical (unpaired) electrons. The minimum absolute atomic E-state index is 0.0381. The smallest absolute Gasteiger partial charge is 0.341 e. The van der Waals surface area contributed by atoms with Crippen LogP contribution < -0.4 is 52.1 Å². The number of hydrogen-bond acceptors (Lipinski definition) is 21. The van der Waals surface area contributed by atoms with Crippen LogP contribution in [0.4, 0.5) is 69.3 Å². The molecule has 0 bridgehead atoms. The number of aromatic nitrogens is 6. The molecular formula is C67H61Cl5F4N14O12. The van der Waals surface area contributed by atoms with Gasteiger partial charge >= 0.3 is 23.3 Å². The molecule has 35 heteroatoms. The van der Waals surface area contributed by atoms with Crippen molar-refractivity contribution in [2.75, 3.05) is 108 Å². The van der Waals surface area contributed by atoms with Crippen molar-refractivity contribution in [2.24, 2.45) is 0 Å². The number of nitrogens with one attached hydrogen (secondary N) is 4. The summed E-state index contributed by atoms with van der Waals surface area (Å²) in [5.41, 5.74) is 5.92. The second-order valence-electron chi connectivity index (χ2n) is 21.7. The van der Waals surface area contributed by atoms with E-state index in [1.165, 1.54) is 147 Å². The van der Waals surface area contributed by atoms with Gasteiger partial charge < -0.3 is 59.8 Å². The van der Waals surface area contributed by atoms with Gasteiger partial charge in [-0.25, -0.2) is 27.2 Å². The van der Waals surface area contributed by atoms with Gasteiger partial charge in [-0.3, -0.25) is 44.6 Å². The topological polar surface area (TPSA) is 336 Å². The molecule has 0 aliphatic heterocycles. The number of pyridine rings is 6. The molecule has 0 spiro atoms. The normalized spacial score (nSPS) is 10.4. The van der Waals surface area contributed by atoms with Gasteiger partial charge in [0.2, 0.25) is 11.7 Å². The number of nitrogens with zero attached hydrogens (tertiary/aromatic N) is 9. The van der Waals surface area contributed by atoms with Crippen LogP contribution in [0.2, 0.25) is 25.1 Å². The van der Waals surface area contributed by atoms with Gasteiger partial charge in [-0.15, -0.1) is 0 Å². The lowest BCUT2D eigenvalue weighted by Gasteiger charge is -2.20. The Balaban J connectivity index is 0.000000206. The average molecular weight is 1510 g/mol. The van der Waals surface area contributed by atoms with E-state index in [1.54, 1.807) is 72.2 Å². The van der Waals surface area contributed by atoms with E-state index in [1.807, 2.05) is 0 Å². The Morgan fingerprint density at radius 1 is 0.480 bits per heavy atom. The van der Waals surface area contributed by atoms with E-state index >= 15 is 0 Å². The summed E-state index contributed by atoms with van der Waals surface area (Å²) in [6.07, 6.45) is 5.75. The van der Waals surface area contributed by atoms with E-state index in [2.05, 4.69) is 40.0 Å². The Kier molecular flexibility index (Phi) is 27.8. The molecule has 0 amide bonds. The third-order valence-electron chi connectivity index (χ3n) is 13.9. The number of nitrogen functional groups attached to an aromatic ring is 1. The molecule has 0 fully saturated rings. The molecule has 10 rings (SSSR count). The van der Waals surface area contributed by atoms with Crippen LogP contribution in [0.25, 0.3) is 44.5 Å². The predicted molar refractivity (Wildman–Crippen MR) is 388 cm³/mol. The molecule has 0 aliphatic carbocycles. The van der Waals surface area contributed by atoms with Crippen molar-refractivity contribution in [3.63, 3.8) is 0 Å². The molecule has 534 valence electrons. The fourth-order valence-electron chi connectivity index (χ4n) is 9.13. The highest BCUT2D eigenvalue weighted by Crippen LogP contribution is 2.40. The van der Waals surface area contributed by atoms with Crippen LogP contribution in [0.1, 0.15) is 20.7 Å². The first-order valence-corrected chi connectivity index (χ1v) is 30.9. The van der Waals surface area contributed by atoms with E-state index in [4.69, 9.17) is 73.2 Å². The summed E-state index contributed by atoms with van der Waals surface area (Å²) in [6, 6.07) is 24.0. The summed E-state index contributed by atoms with van der Waals surface area (Å²) >= 11 is 29.1. The minimum Gasteiger partial charge on any atom is -0.480 e. The fourth-order valence-corrected chi connectivity index (χ4v) is 10.00. The number of ether oxygens (including phenoxy) is 3. The summed E-state index contributed by atoms with van der Waals surface area (Å²) in [6.45, 7) is 0. The quantitative estimate of drug-likeness (QED) is 0.0275. The summed E-state index contributed by atoms with van der Waals surface area (Å²) in [5.74, 6) is -2.24. The SMILES string of the molecule is CN(C)c1[nH]c(=O)c(-c2cc(Cl)ccc2F)cc1N.CN(C)c1[nH]c(=O)c(-c2cc(Cl)ccc2F)cc1[N+](=O)[O-].COC(=O)c1cnccc1Cl.COC(=O)c1cnccc1Nc1cc(-c2cc(Cl)ccc2F)c(=O)[nH]c1N(C)C.COc1nc(N(C)C)c([N+](=O)[O-])cc1-c1cc(Cl)ccc1F. The first kappa shape index (κ1) is 79.7. The zero-order valence-electron chi connectivity index (χ0n) is 55.6. The molecule has 26 nitrogen and oxygen atoms in total. The Morgan fingerprint density at radius 2 is 0.863 bits per heavy atom. The second kappa shape index (κ2) is 35.6. The number of esters is 2. The third kappa shape index (κ3) is 20.0. The van der Waals surface area contributed by atoms with Gasteiger partial charge in [0.1, 0.15) is 40.5 Å². The Labute approximate surface area is 603 Å². The van der Waals surface area contributed by atoms with Gasteiger partial charge in [0, 0.05) is 136 Å². The lowest BCUT2D eigenvalue weighted by atomic mass is 10.1. The lowest BCUT2D eigenvalue weighted by Crippen LogP contribution is -2.20. The highest BCUT2D eigenvalue weighted by atomic mass is 35.5. The van der Waals surface area contributed by atoms with Crippen molar-refractivity contribution < 1.29 is 51.2 Å². The van der Waals surface area contributed by atoms with Crippen molar-refractivity contribution in [3.8, 4) is 50.4 Å². The Hall–Kier alpha value is -11.3. The predicted octanol–water partition coefficient (Wildman–Crippen LogP) is 14.2. The van der Waals surface area contributed by atoms with E-state index in [0.29, 0.717) is 48.8 Å². The van der Waals surface area contributed by atoms with Gasteiger partial charge in [0.25, 0.3) is 16.7 Å². The fraction of sp³-hybridized carbons (Fsp3) is 0.164. The van der Waals surface area contributed by atoms with Crippen LogP contribution >= 0.6 is 58.0 Å². The van der Waals surface area contributed by atoms with Gasteiger partial charge in [-0.1, -0.05) is 58.0 Å². The van der Waals surface area contributed by atoms with Gasteiger partial charge in [0.15, 0.2) is 5.82 Å². The summed E-state index contributed by atoms with van der Waals surface area (Å²) in [4.78, 5) is 107. The first-order valence-electron chi connectivity index (χ1n) is 29.1. The molecule has 102 heavy (non-hydrogen) atoms. The van der Waals surface area contributed by atoms with Crippen LogP contribution in [0.15, 0.2) is 148 Å². The number of anilines is 7.